The molecule has 0 bridgehead atoms. The minimum Gasteiger partial charge on any atom is -0.375 e. The molecule has 1 nitrogen and oxygen atoms in total. The Labute approximate surface area is 56.4 Å². The van der Waals surface area contributed by atoms with Crippen LogP contribution < -0.4 is 0 Å². The Hall–Kier alpha value is -0.0400. The van der Waals surface area contributed by atoms with Crippen LogP contribution in [0.3, 0.4) is 0 Å². The van der Waals surface area contributed by atoms with Crippen LogP contribution in [0.2, 0.25) is 0 Å². The highest BCUT2D eigenvalue weighted by atomic mass is 16.5. The molecule has 1 aliphatic carbocycles. The Morgan fingerprint density at radius 1 is 1.11 bits per heavy atom. The molecule has 1 saturated carbocycles. The molecule has 0 aromatic carbocycles. The molecule has 1 heterocycles. The quantitative estimate of drug-likeness (QED) is 0.480. The average molecular weight is 125 g/mol. The molecule has 0 aromatic rings. The second-order valence-corrected chi connectivity index (χ2v) is 3.15. The van der Waals surface area contributed by atoms with Crippen LogP contribution >= 0.6 is 0 Å². The second-order valence-electron chi connectivity index (χ2n) is 3.15. The van der Waals surface area contributed by atoms with Crippen LogP contribution in [0.25, 0.3) is 0 Å². The summed E-state index contributed by atoms with van der Waals surface area (Å²) in [6.45, 7) is 1.01. The van der Waals surface area contributed by atoms with Gasteiger partial charge >= 0.3 is 0 Å². The first-order chi connectivity index (χ1) is 4.41. The molecule has 2 fully saturated rings. The van der Waals surface area contributed by atoms with Gasteiger partial charge in [0, 0.05) is 0 Å². The molecular formula is C8H13O. The van der Waals surface area contributed by atoms with E-state index in [4.69, 9.17) is 4.74 Å². The number of hydrogen-bond donors (Lipinski definition) is 0. The molecule has 51 valence electrons. The smallest absolute Gasteiger partial charge is 0.0704 e. The van der Waals surface area contributed by atoms with E-state index in [1.807, 2.05) is 0 Å². The van der Waals surface area contributed by atoms with Crippen molar-refractivity contribution in [3.05, 3.63) is 6.42 Å². The predicted molar refractivity (Wildman–Crippen MR) is 36.1 cm³/mol. The van der Waals surface area contributed by atoms with Gasteiger partial charge in [0.05, 0.1) is 12.2 Å². The number of ether oxygens (including phenoxy) is 1. The van der Waals surface area contributed by atoms with Gasteiger partial charge in [-0.05, 0) is 38.5 Å². The minimum absolute atomic E-state index is 0.370. The molecule has 1 aliphatic heterocycles. The topological polar surface area (TPSA) is 9.23 Å². The molecule has 1 radical (unpaired) electrons. The Bertz CT molecular complexity index is 97.1. The van der Waals surface area contributed by atoms with Crippen LogP contribution in [0.4, 0.5) is 0 Å². The summed E-state index contributed by atoms with van der Waals surface area (Å²) >= 11 is 0. The van der Waals surface area contributed by atoms with Gasteiger partial charge in [0.15, 0.2) is 0 Å². The summed E-state index contributed by atoms with van der Waals surface area (Å²) in [7, 11) is 0. The predicted octanol–water partition coefficient (Wildman–Crippen LogP) is 1.92. The van der Waals surface area contributed by atoms with E-state index in [0.717, 1.165) is 6.61 Å². The van der Waals surface area contributed by atoms with Gasteiger partial charge in [0.25, 0.3) is 0 Å². The van der Waals surface area contributed by atoms with E-state index in [1.165, 1.54) is 32.1 Å². The molecule has 0 amide bonds. The second kappa shape index (κ2) is 1.98. The first-order valence-electron chi connectivity index (χ1n) is 3.87. The fraction of sp³-hybridized carbons (Fsp3) is 0.875. The molecule has 2 aliphatic rings. The Morgan fingerprint density at radius 3 is 2.11 bits per heavy atom. The molecule has 2 rings (SSSR count). The number of rotatable bonds is 0. The zero-order valence-corrected chi connectivity index (χ0v) is 5.73. The van der Waals surface area contributed by atoms with Crippen LogP contribution in [0.5, 0.6) is 0 Å². The lowest BCUT2D eigenvalue weighted by atomic mass is 9.79. The minimum atomic E-state index is 0.370. The first kappa shape index (κ1) is 5.72. The van der Waals surface area contributed by atoms with Gasteiger partial charge in [-0.3, -0.25) is 0 Å². The highest BCUT2D eigenvalue weighted by Crippen LogP contribution is 2.39. The SMILES string of the molecule is [CH]1CCC2(CC1)CCO2. The van der Waals surface area contributed by atoms with Gasteiger partial charge in [-0.15, -0.1) is 0 Å². The molecule has 0 atom stereocenters. The summed E-state index contributed by atoms with van der Waals surface area (Å²) in [6.07, 6.45) is 8.83. The summed E-state index contributed by atoms with van der Waals surface area (Å²) in [5.74, 6) is 0. The van der Waals surface area contributed by atoms with Crippen LogP contribution in [0.1, 0.15) is 32.1 Å². The van der Waals surface area contributed by atoms with E-state index in [0.29, 0.717) is 5.60 Å². The van der Waals surface area contributed by atoms with Gasteiger partial charge in [0.1, 0.15) is 0 Å². The van der Waals surface area contributed by atoms with E-state index in [-0.39, 0.29) is 0 Å². The highest BCUT2D eigenvalue weighted by molar-refractivity contribution is 4.94. The zero-order chi connectivity index (χ0) is 6.16. The third kappa shape index (κ3) is 0.877. The lowest BCUT2D eigenvalue weighted by Gasteiger charge is -2.44. The lowest BCUT2D eigenvalue weighted by molar-refractivity contribution is -0.160. The van der Waals surface area contributed by atoms with Crippen molar-refractivity contribution >= 4 is 0 Å². The van der Waals surface area contributed by atoms with Crippen molar-refractivity contribution in [2.45, 2.75) is 37.7 Å². The average Bonchev–Trinajstić information content (AvgIpc) is 1.87. The van der Waals surface area contributed by atoms with Crippen LogP contribution in [0, 0.1) is 6.42 Å². The maximum Gasteiger partial charge on any atom is 0.0704 e. The number of hydrogen-bond acceptors (Lipinski definition) is 1. The van der Waals surface area contributed by atoms with Gasteiger partial charge in [-0.1, -0.05) is 0 Å². The molecule has 0 N–H and O–H groups in total. The molecule has 9 heavy (non-hydrogen) atoms. The van der Waals surface area contributed by atoms with Gasteiger partial charge in [-0.2, -0.15) is 0 Å². The van der Waals surface area contributed by atoms with E-state index >= 15 is 0 Å². The van der Waals surface area contributed by atoms with Gasteiger partial charge in [0.2, 0.25) is 0 Å². The monoisotopic (exact) mass is 125 g/mol. The van der Waals surface area contributed by atoms with E-state index < -0.39 is 0 Å². The van der Waals surface area contributed by atoms with Crippen LogP contribution in [-0.4, -0.2) is 12.2 Å². The lowest BCUT2D eigenvalue weighted by Crippen LogP contribution is -2.45. The summed E-state index contributed by atoms with van der Waals surface area (Å²) in [6, 6.07) is 0. The summed E-state index contributed by atoms with van der Waals surface area (Å²) in [5, 5.41) is 0. The molecule has 1 saturated heterocycles. The summed E-state index contributed by atoms with van der Waals surface area (Å²) < 4.78 is 5.54. The van der Waals surface area contributed by atoms with Crippen molar-refractivity contribution in [3.63, 3.8) is 0 Å². The van der Waals surface area contributed by atoms with E-state index in [9.17, 15) is 0 Å². The molecule has 1 heteroatoms. The fourth-order valence-corrected chi connectivity index (χ4v) is 1.78. The fourth-order valence-electron chi connectivity index (χ4n) is 1.78. The zero-order valence-electron chi connectivity index (χ0n) is 5.73. The van der Waals surface area contributed by atoms with Crippen molar-refractivity contribution in [1.29, 1.82) is 0 Å². The van der Waals surface area contributed by atoms with E-state index in [2.05, 4.69) is 6.42 Å². The standard InChI is InChI=1S/C8H13O/c1-2-4-8(5-3-1)6-7-9-8/h1H,2-7H2. The van der Waals surface area contributed by atoms with Crippen molar-refractivity contribution in [2.75, 3.05) is 6.61 Å². The largest absolute Gasteiger partial charge is 0.375 e. The highest BCUT2D eigenvalue weighted by Gasteiger charge is 2.38. The third-order valence-electron chi connectivity index (χ3n) is 2.57. The maximum atomic E-state index is 5.54. The first-order valence-corrected chi connectivity index (χ1v) is 3.87. The molecular weight excluding hydrogens is 112 g/mol. The van der Waals surface area contributed by atoms with Crippen molar-refractivity contribution in [1.82, 2.24) is 0 Å². The Balaban J connectivity index is 1.93. The van der Waals surface area contributed by atoms with Crippen LogP contribution in [-0.2, 0) is 4.74 Å². The molecule has 0 aromatic heterocycles. The van der Waals surface area contributed by atoms with Crippen LogP contribution in [0.15, 0.2) is 0 Å². The normalized spacial score (nSPS) is 32.0. The summed E-state index contributed by atoms with van der Waals surface area (Å²) in [5.41, 5.74) is 0.370. The van der Waals surface area contributed by atoms with Gasteiger partial charge in [-0.25, -0.2) is 0 Å². The Kier molecular flexibility index (Phi) is 1.26. The third-order valence-corrected chi connectivity index (χ3v) is 2.57. The summed E-state index contributed by atoms with van der Waals surface area (Å²) in [4.78, 5) is 0. The molecule has 1 spiro atoms. The maximum absolute atomic E-state index is 5.54. The molecule has 0 unspecified atom stereocenters. The Morgan fingerprint density at radius 2 is 1.78 bits per heavy atom. The van der Waals surface area contributed by atoms with Crippen molar-refractivity contribution in [2.24, 2.45) is 0 Å². The van der Waals surface area contributed by atoms with Crippen molar-refractivity contribution in [3.8, 4) is 0 Å². The van der Waals surface area contributed by atoms with Crippen molar-refractivity contribution < 1.29 is 4.74 Å². The van der Waals surface area contributed by atoms with Gasteiger partial charge < -0.3 is 4.74 Å². The van der Waals surface area contributed by atoms with E-state index in [1.54, 1.807) is 0 Å².